The predicted octanol–water partition coefficient (Wildman–Crippen LogP) is 2.98. The molecule has 3 heteroatoms. The van der Waals surface area contributed by atoms with E-state index in [1.165, 1.54) is 22.3 Å². The van der Waals surface area contributed by atoms with Gasteiger partial charge in [-0.25, -0.2) is 0 Å². The number of benzene rings is 1. The molecule has 2 atom stereocenters. The van der Waals surface area contributed by atoms with Crippen molar-refractivity contribution in [3.8, 4) is 0 Å². The highest BCUT2D eigenvalue weighted by molar-refractivity contribution is 5.77. The summed E-state index contributed by atoms with van der Waals surface area (Å²) in [6.45, 7) is 9.96. The fourth-order valence-corrected chi connectivity index (χ4v) is 2.60. The van der Waals surface area contributed by atoms with Crippen LogP contribution in [-0.2, 0) is 11.2 Å². The highest BCUT2D eigenvalue weighted by Crippen LogP contribution is 2.23. The Bertz CT molecular complexity index is 478. The van der Waals surface area contributed by atoms with Gasteiger partial charge in [-0.2, -0.15) is 0 Å². The van der Waals surface area contributed by atoms with Gasteiger partial charge in [0.15, 0.2) is 0 Å². The molecule has 0 radical (unpaired) electrons. The van der Waals surface area contributed by atoms with Crippen LogP contribution in [0.3, 0.4) is 0 Å². The van der Waals surface area contributed by atoms with E-state index in [2.05, 4.69) is 39.8 Å². The summed E-state index contributed by atoms with van der Waals surface area (Å²) in [6.07, 6.45) is 1.35. The minimum Gasteiger partial charge on any atom is -0.480 e. The van der Waals surface area contributed by atoms with Gasteiger partial charge in [0.25, 0.3) is 0 Å². The average molecular weight is 263 g/mol. The van der Waals surface area contributed by atoms with E-state index in [-0.39, 0.29) is 5.92 Å². The summed E-state index contributed by atoms with van der Waals surface area (Å²) in [6, 6.07) is 4.36. The molecule has 1 aromatic carbocycles. The van der Waals surface area contributed by atoms with E-state index < -0.39 is 11.5 Å². The van der Waals surface area contributed by atoms with Crippen LogP contribution in [0.1, 0.15) is 42.5 Å². The van der Waals surface area contributed by atoms with Crippen molar-refractivity contribution >= 4 is 5.97 Å². The standard InChI is InChI=1S/C16H25NO2/c1-10-6-12(3)13(4)14(7-10)8-11(2)9-16(5,17)15(18)19/h6-7,11H,8-9,17H2,1-5H3,(H,18,19). The molecule has 0 fully saturated rings. The molecule has 3 nitrogen and oxygen atoms in total. The molecule has 0 saturated heterocycles. The van der Waals surface area contributed by atoms with Crippen molar-refractivity contribution in [3.63, 3.8) is 0 Å². The Morgan fingerprint density at radius 1 is 1.37 bits per heavy atom. The van der Waals surface area contributed by atoms with Gasteiger partial charge in [-0.3, -0.25) is 4.79 Å². The maximum Gasteiger partial charge on any atom is 0.323 e. The molecule has 0 spiro atoms. The molecule has 0 amide bonds. The molecule has 1 aromatic rings. The van der Waals surface area contributed by atoms with Crippen LogP contribution in [0.4, 0.5) is 0 Å². The summed E-state index contributed by atoms with van der Waals surface area (Å²) in [5.41, 5.74) is 9.80. The average Bonchev–Trinajstić information content (AvgIpc) is 2.24. The lowest BCUT2D eigenvalue weighted by Crippen LogP contribution is -2.46. The first kappa shape index (κ1) is 15.7. The lowest BCUT2D eigenvalue weighted by atomic mass is 9.85. The summed E-state index contributed by atoms with van der Waals surface area (Å²) in [7, 11) is 0. The van der Waals surface area contributed by atoms with Gasteiger partial charge in [0.1, 0.15) is 5.54 Å². The Morgan fingerprint density at radius 2 is 1.95 bits per heavy atom. The van der Waals surface area contributed by atoms with Gasteiger partial charge in [0.2, 0.25) is 0 Å². The van der Waals surface area contributed by atoms with Crippen molar-refractivity contribution in [1.82, 2.24) is 0 Å². The number of carboxylic acids is 1. The number of aliphatic carboxylic acids is 1. The van der Waals surface area contributed by atoms with Crippen molar-refractivity contribution in [1.29, 1.82) is 0 Å². The van der Waals surface area contributed by atoms with Gasteiger partial charge < -0.3 is 10.8 Å². The summed E-state index contributed by atoms with van der Waals surface area (Å²) in [5, 5.41) is 9.07. The Hall–Kier alpha value is -1.35. The second-order valence-electron chi connectivity index (χ2n) is 6.10. The second kappa shape index (κ2) is 5.74. The van der Waals surface area contributed by atoms with Crippen LogP contribution < -0.4 is 5.73 Å². The SMILES string of the molecule is Cc1cc(C)c(C)c(CC(C)CC(C)(N)C(=O)O)c1. The predicted molar refractivity (Wildman–Crippen MR) is 78.4 cm³/mol. The minimum atomic E-state index is -1.15. The topological polar surface area (TPSA) is 63.3 Å². The number of rotatable bonds is 5. The zero-order valence-electron chi connectivity index (χ0n) is 12.6. The molecule has 2 unspecified atom stereocenters. The Balaban J connectivity index is 2.83. The van der Waals surface area contributed by atoms with Crippen molar-refractivity contribution < 1.29 is 9.90 Å². The van der Waals surface area contributed by atoms with Crippen LogP contribution in [0.5, 0.6) is 0 Å². The molecule has 106 valence electrons. The lowest BCUT2D eigenvalue weighted by Gasteiger charge is -2.24. The van der Waals surface area contributed by atoms with Crippen LogP contribution in [0.2, 0.25) is 0 Å². The molecular formula is C16H25NO2. The number of hydrogen-bond donors (Lipinski definition) is 2. The molecule has 3 N–H and O–H groups in total. The van der Waals surface area contributed by atoms with E-state index in [9.17, 15) is 4.79 Å². The van der Waals surface area contributed by atoms with E-state index in [0.717, 1.165) is 6.42 Å². The van der Waals surface area contributed by atoms with E-state index in [4.69, 9.17) is 10.8 Å². The lowest BCUT2D eigenvalue weighted by molar-refractivity contribution is -0.143. The fourth-order valence-electron chi connectivity index (χ4n) is 2.60. The van der Waals surface area contributed by atoms with Crippen molar-refractivity contribution in [2.75, 3.05) is 0 Å². The fraction of sp³-hybridized carbons (Fsp3) is 0.562. The highest BCUT2D eigenvalue weighted by Gasteiger charge is 2.29. The van der Waals surface area contributed by atoms with Gasteiger partial charge in [0.05, 0.1) is 0 Å². The number of nitrogens with two attached hydrogens (primary N) is 1. The maximum absolute atomic E-state index is 11.1. The Labute approximate surface area is 115 Å². The summed E-state index contributed by atoms with van der Waals surface area (Å²) in [4.78, 5) is 11.1. The third-order valence-electron chi connectivity index (χ3n) is 3.75. The summed E-state index contributed by atoms with van der Waals surface area (Å²) >= 11 is 0. The van der Waals surface area contributed by atoms with Gasteiger partial charge in [-0.15, -0.1) is 0 Å². The molecule has 0 aromatic heterocycles. The first-order chi connectivity index (χ1) is 8.63. The Morgan fingerprint density at radius 3 is 2.47 bits per heavy atom. The first-order valence-corrected chi connectivity index (χ1v) is 6.72. The number of carbonyl (C=O) groups is 1. The number of carboxylic acid groups (broad SMARTS) is 1. The molecule has 0 aliphatic rings. The molecule has 0 bridgehead atoms. The quantitative estimate of drug-likeness (QED) is 0.858. The molecule has 19 heavy (non-hydrogen) atoms. The molecule has 0 aliphatic carbocycles. The van der Waals surface area contributed by atoms with Gasteiger partial charge in [-0.1, -0.05) is 24.6 Å². The number of aryl methyl sites for hydroxylation is 2. The van der Waals surface area contributed by atoms with Gasteiger partial charge in [-0.05, 0) is 63.1 Å². The second-order valence-corrected chi connectivity index (χ2v) is 6.10. The van der Waals surface area contributed by atoms with E-state index >= 15 is 0 Å². The maximum atomic E-state index is 11.1. The minimum absolute atomic E-state index is 0.242. The molecular weight excluding hydrogens is 238 g/mol. The zero-order valence-corrected chi connectivity index (χ0v) is 12.6. The van der Waals surface area contributed by atoms with Crippen LogP contribution in [0, 0.1) is 26.7 Å². The molecule has 0 heterocycles. The van der Waals surface area contributed by atoms with Gasteiger partial charge >= 0.3 is 5.97 Å². The largest absolute Gasteiger partial charge is 0.480 e. The molecule has 1 rings (SSSR count). The van der Waals surface area contributed by atoms with E-state index in [1.54, 1.807) is 6.92 Å². The van der Waals surface area contributed by atoms with E-state index in [0.29, 0.717) is 6.42 Å². The monoisotopic (exact) mass is 263 g/mol. The number of hydrogen-bond acceptors (Lipinski definition) is 2. The zero-order chi connectivity index (χ0) is 14.8. The van der Waals surface area contributed by atoms with Gasteiger partial charge in [0, 0.05) is 0 Å². The summed E-state index contributed by atoms with van der Waals surface area (Å²) < 4.78 is 0. The van der Waals surface area contributed by atoms with Crippen molar-refractivity contribution in [2.24, 2.45) is 11.7 Å². The van der Waals surface area contributed by atoms with Crippen molar-refractivity contribution in [3.05, 3.63) is 34.4 Å². The van der Waals surface area contributed by atoms with Crippen LogP contribution in [-0.4, -0.2) is 16.6 Å². The smallest absolute Gasteiger partial charge is 0.323 e. The third kappa shape index (κ3) is 4.06. The molecule has 0 aliphatic heterocycles. The first-order valence-electron chi connectivity index (χ1n) is 6.72. The van der Waals surface area contributed by atoms with Crippen LogP contribution in [0.15, 0.2) is 12.1 Å². The van der Waals surface area contributed by atoms with Crippen LogP contribution in [0.25, 0.3) is 0 Å². The highest BCUT2D eigenvalue weighted by atomic mass is 16.4. The molecule has 0 saturated carbocycles. The third-order valence-corrected chi connectivity index (χ3v) is 3.75. The normalized spacial score (nSPS) is 15.9. The van der Waals surface area contributed by atoms with Crippen LogP contribution >= 0.6 is 0 Å². The summed E-state index contributed by atoms with van der Waals surface area (Å²) in [5.74, 6) is -0.692. The Kier molecular flexibility index (Phi) is 4.75. The van der Waals surface area contributed by atoms with E-state index in [1.807, 2.05) is 0 Å². The van der Waals surface area contributed by atoms with Crippen molar-refractivity contribution in [2.45, 2.75) is 53.0 Å².